The van der Waals surface area contributed by atoms with Gasteiger partial charge in [0.2, 0.25) is 0 Å². The molecule has 0 aromatic carbocycles. The van der Waals surface area contributed by atoms with Gasteiger partial charge in [-0.2, -0.15) is 0 Å². The predicted octanol–water partition coefficient (Wildman–Crippen LogP) is 8.69. The van der Waals surface area contributed by atoms with E-state index in [0.29, 0.717) is 29.6 Å². The van der Waals surface area contributed by atoms with Crippen LogP contribution < -0.4 is 0 Å². The van der Waals surface area contributed by atoms with Crippen LogP contribution in [0.1, 0.15) is 126 Å². The number of terminal acetylenes is 1. The number of carboxylic acid groups (broad SMARTS) is 1. The van der Waals surface area contributed by atoms with Crippen LogP contribution in [0.5, 0.6) is 0 Å². The quantitative estimate of drug-likeness (QED) is 0.206. The van der Waals surface area contributed by atoms with Gasteiger partial charge in [-0.25, -0.2) is 0 Å². The van der Waals surface area contributed by atoms with Crippen LogP contribution in [0, 0.1) is 74.4 Å². The van der Waals surface area contributed by atoms with Crippen molar-refractivity contribution >= 4 is 11.9 Å². The monoisotopic (exact) mass is 564 g/mol. The number of fused-ring (bicyclic) bond motifs is 7. The number of ether oxygens (including phenoxy) is 1. The smallest absolute Gasteiger partial charge is 0.309 e. The molecule has 0 amide bonds. The van der Waals surface area contributed by atoms with E-state index in [4.69, 9.17) is 11.2 Å². The summed E-state index contributed by atoms with van der Waals surface area (Å²) in [5.74, 6) is 4.92. The van der Waals surface area contributed by atoms with Crippen molar-refractivity contribution in [3.8, 4) is 12.3 Å². The van der Waals surface area contributed by atoms with Gasteiger partial charge in [-0.15, -0.1) is 6.42 Å². The Kier molecular flexibility index (Phi) is 7.20. The maximum Gasteiger partial charge on any atom is 0.309 e. The molecule has 10 atom stereocenters. The van der Waals surface area contributed by atoms with E-state index in [2.05, 4.69) is 54.0 Å². The maximum atomic E-state index is 12.9. The van der Waals surface area contributed by atoms with Crippen molar-refractivity contribution in [2.75, 3.05) is 0 Å². The van der Waals surface area contributed by atoms with Crippen molar-refractivity contribution in [3.63, 3.8) is 0 Å². The first-order valence-electron chi connectivity index (χ1n) is 16.5. The molecule has 0 saturated heterocycles. The number of allylic oxidation sites excluding steroid dienone is 1. The summed E-state index contributed by atoms with van der Waals surface area (Å²) >= 11 is 0. The van der Waals surface area contributed by atoms with E-state index in [0.717, 1.165) is 32.1 Å². The van der Waals surface area contributed by atoms with Crippen molar-refractivity contribution in [2.45, 2.75) is 132 Å². The molecule has 0 spiro atoms. The summed E-state index contributed by atoms with van der Waals surface area (Å²) in [7, 11) is 0. The van der Waals surface area contributed by atoms with Crippen LogP contribution in [0.25, 0.3) is 0 Å². The molecule has 4 heteroatoms. The molecular weight excluding hydrogens is 508 g/mol. The molecule has 5 rings (SSSR count). The highest BCUT2D eigenvalue weighted by atomic mass is 16.5. The fraction of sp³-hybridized carbons (Fsp3) is 0.838. The fourth-order valence-electron chi connectivity index (χ4n) is 12.2. The lowest BCUT2D eigenvalue weighted by Crippen LogP contribution is -2.66. The molecule has 41 heavy (non-hydrogen) atoms. The molecule has 5 fully saturated rings. The Hall–Kier alpha value is -1.76. The molecule has 0 aliphatic heterocycles. The zero-order valence-corrected chi connectivity index (χ0v) is 27.2. The topological polar surface area (TPSA) is 63.6 Å². The molecule has 5 saturated carbocycles. The first-order chi connectivity index (χ1) is 18.9. The minimum atomic E-state index is -1.12. The van der Waals surface area contributed by atoms with E-state index in [9.17, 15) is 14.7 Å². The van der Waals surface area contributed by atoms with Gasteiger partial charge in [0.05, 0.1) is 11.8 Å². The number of aliphatic carboxylic acids is 1. The van der Waals surface area contributed by atoms with Gasteiger partial charge in [-0.05, 0) is 131 Å². The second-order valence-corrected chi connectivity index (χ2v) is 17.2. The van der Waals surface area contributed by atoms with Gasteiger partial charge in [-0.3, -0.25) is 9.59 Å². The third-order valence-corrected chi connectivity index (χ3v) is 14.7. The molecule has 0 bridgehead atoms. The number of hydrogen-bond acceptors (Lipinski definition) is 3. The molecule has 228 valence electrons. The molecule has 5 aliphatic rings. The highest BCUT2D eigenvalue weighted by Crippen LogP contribution is 2.77. The number of carboxylic acids is 1. The lowest BCUT2D eigenvalue weighted by atomic mass is 9.32. The molecule has 0 heterocycles. The van der Waals surface area contributed by atoms with Gasteiger partial charge in [0.1, 0.15) is 6.10 Å². The van der Waals surface area contributed by atoms with Crippen molar-refractivity contribution in [1.29, 1.82) is 0 Å². The number of carbonyl (C=O) groups excluding carboxylic acids is 1. The van der Waals surface area contributed by atoms with E-state index >= 15 is 0 Å². The third kappa shape index (κ3) is 4.21. The fourth-order valence-corrected chi connectivity index (χ4v) is 12.2. The molecule has 6 unspecified atom stereocenters. The first-order valence-corrected chi connectivity index (χ1v) is 16.5. The van der Waals surface area contributed by atoms with E-state index in [1.54, 1.807) is 13.8 Å². The Morgan fingerprint density at radius 3 is 2.22 bits per heavy atom. The van der Waals surface area contributed by atoms with E-state index in [1.165, 1.54) is 37.7 Å². The lowest BCUT2D eigenvalue weighted by Gasteiger charge is -2.72. The van der Waals surface area contributed by atoms with E-state index in [1.807, 2.05) is 0 Å². The Balaban J connectivity index is 1.41. The van der Waals surface area contributed by atoms with Crippen LogP contribution in [0.3, 0.4) is 0 Å². The second kappa shape index (κ2) is 9.62. The van der Waals surface area contributed by atoms with Gasteiger partial charge in [0.15, 0.2) is 0 Å². The highest BCUT2D eigenvalue weighted by molar-refractivity contribution is 5.81. The minimum Gasteiger partial charge on any atom is -0.481 e. The maximum absolute atomic E-state index is 12.9. The van der Waals surface area contributed by atoms with Crippen molar-refractivity contribution < 1.29 is 19.4 Å². The lowest BCUT2D eigenvalue weighted by molar-refractivity contribution is -0.247. The van der Waals surface area contributed by atoms with Gasteiger partial charge >= 0.3 is 11.9 Å². The Morgan fingerprint density at radius 2 is 1.61 bits per heavy atom. The zero-order valence-electron chi connectivity index (χ0n) is 27.2. The second-order valence-electron chi connectivity index (χ2n) is 17.2. The highest BCUT2D eigenvalue weighted by Gasteiger charge is 2.71. The van der Waals surface area contributed by atoms with Gasteiger partial charge in [0.25, 0.3) is 0 Å². The van der Waals surface area contributed by atoms with Crippen molar-refractivity contribution in [3.05, 3.63) is 12.2 Å². The molecule has 4 nitrogen and oxygen atoms in total. The van der Waals surface area contributed by atoms with Crippen molar-refractivity contribution in [1.82, 2.24) is 0 Å². The van der Waals surface area contributed by atoms with E-state index < -0.39 is 11.4 Å². The van der Waals surface area contributed by atoms with Crippen LogP contribution >= 0.6 is 0 Å². The minimum absolute atomic E-state index is 0.0528. The summed E-state index contributed by atoms with van der Waals surface area (Å²) < 4.78 is 6.13. The number of carbonyl (C=O) groups is 2. The first kappa shape index (κ1) is 30.7. The number of esters is 1. The summed E-state index contributed by atoms with van der Waals surface area (Å²) in [4.78, 5) is 24.6. The normalized spacial score (nSPS) is 46.6. The van der Waals surface area contributed by atoms with Gasteiger partial charge in [0, 0.05) is 10.8 Å². The predicted molar refractivity (Wildman–Crippen MR) is 164 cm³/mol. The Morgan fingerprint density at radius 1 is 0.927 bits per heavy atom. The summed E-state index contributed by atoms with van der Waals surface area (Å²) in [6.45, 7) is 22.4. The third-order valence-electron chi connectivity index (χ3n) is 14.7. The molecule has 1 N–H and O–H groups in total. The Bertz CT molecular complexity index is 1160. The number of rotatable bonds is 5. The van der Waals surface area contributed by atoms with E-state index in [-0.39, 0.29) is 45.6 Å². The standard InChI is InChI=1S/C37H56O4/c1-11-37-19-14-24(23(2)3)30(37)25-12-13-27-34(8)17-16-28(41-29(38)22-32(4,5)31(39)40)33(6,7)26(34)15-18-36(27,10)35(25,9)20-21-37/h1,24-28,30H,2,12-22H2,3-10H3,(H,39,40)/t24-,25?,26?,27?,28?,30?,34?,35+,36+,37+/m0/s1. The molecule has 0 radical (unpaired) electrons. The molecule has 0 aromatic rings. The molecule has 5 aliphatic carbocycles. The molecular formula is C37H56O4. The summed E-state index contributed by atoms with van der Waals surface area (Å²) in [5, 5.41) is 9.52. The van der Waals surface area contributed by atoms with Gasteiger partial charge < -0.3 is 9.84 Å². The Labute approximate surface area is 249 Å². The number of hydrogen-bond donors (Lipinski definition) is 1. The average Bonchev–Trinajstić information content (AvgIpc) is 3.26. The summed E-state index contributed by atoms with van der Waals surface area (Å²) in [6.07, 6.45) is 17.7. The van der Waals surface area contributed by atoms with Crippen LogP contribution in [0.15, 0.2) is 12.2 Å². The average molecular weight is 565 g/mol. The van der Waals surface area contributed by atoms with Crippen LogP contribution in [-0.4, -0.2) is 23.1 Å². The van der Waals surface area contributed by atoms with Crippen LogP contribution in [0.2, 0.25) is 0 Å². The zero-order chi connectivity index (χ0) is 30.4. The summed E-state index contributed by atoms with van der Waals surface area (Å²) in [5.41, 5.74) is 0.829. The van der Waals surface area contributed by atoms with Crippen LogP contribution in [0.4, 0.5) is 0 Å². The summed E-state index contributed by atoms with van der Waals surface area (Å²) in [6, 6.07) is 0. The van der Waals surface area contributed by atoms with Gasteiger partial charge in [-0.1, -0.05) is 52.7 Å². The van der Waals surface area contributed by atoms with Crippen LogP contribution in [-0.2, 0) is 14.3 Å². The SMILES string of the molecule is C#C[C@]12CC[C@@H](C(=C)C)C1C1CCC3C4(C)CCC(OC(=O)CC(C)(C)C(=O)O)C(C)(C)C4CC[C@@]3(C)[C@]1(C)CC2. The largest absolute Gasteiger partial charge is 0.481 e. The molecule has 0 aromatic heterocycles. The van der Waals surface area contributed by atoms with Crippen molar-refractivity contribution in [2.24, 2.45) is 62.1 Å².